The highest BCUT2D eigenvalue weighted by molar-refractivity contribution is 7.89. The second-order valence-corrected chi connectivity index (χ2v) is 6.35. The summed E-state index contributed by atoms with van der Waals surface area (Å²) in [5.41, 5.74) is 6.08. The third-order valence-electron chi connectivity index (χ3n) is 3.04. The Morgan fingerprint density at radius 3 is 2.53 bits per heavy atom. The molecule has 0 fully saturated rings. The van der Waals surface area contributed by atoms with Crippen LogP contribution in [0.1, 0.15) is 37.3 Å². The molecular formula is C13H21FN2O2S. The Labute approximate surface area is 114 Å². The van der Waals surface area contributed by atoms with Gasteiger partial charge in [-0.15, -0.1) is 0 Å². The smallest absolute Gasteiger partial charge is 0.241 e. The summed E-state index contributed by atoms with van der Waals surface area (Å²) in [6.45, 7) is 5.51. The van der Waals surface area contributed by atoms with Gasteiger partial charge in [-0.2, -0.15) is 0 Å². The largest absolute Gasteiger partial charge is 0.396 e. The maximum atomic E-state index is 13.4. The Bertz CT molecular complexity index is 556. The first kappa shape index (κ1) is 15.9. The number of unbranched alkanes of at least 4 members (excludes halogenated alkanes) is 2. The van der Waals surface area contributed by atoms with Crippen molar-refractivity contribution < 1.29 is 12.8 Å². The van der Waals surface area contributed by atoms with E-state index in [1.807, 2.05) is 6.92 Å². The number of sulfonamides is 1. The summed E-state index contributed by atoms with van der Waals surface area (Å²) in [5, 5.41) is 0. The number of nitrogens with two attached hydrogens (primary N) is 1. The van der Waals surface area contributed by atoms with Gasteiger partial charge in [0.05, 0.1) is 10.6 Å². The van der Waals surface area contributed by atoms with Crippen molar-refractivity contribution in [3.8, 4) is 0 Å². The van der Waals surface area contributed by atoms with Crippen LogP contribution >= 0.6 is 0 Å². The van der Waals surface area contributed by atoms with Crippen LogP contribution in [0.25, 0.3) is 0 Å². The maximum Gasteiger partial charge on any atom is 0.241 e. The Kier molecular flexibility index (Phi) is 5.31. The van der Waals surface area contributed by atoms with Crippen molar-refractivity contribution in [1.29, 1.82) is 0 Å². The monoisotopic (exact) mass is 288 g/mol. The summed E-state index contributed by atoms with van der Waals surface area (Å²) >= 11 is 0. The number of nitrogens with one attached hydrogen (secondary N) is 1. The lowest BCUT2D eigenvalue weighted by Gasteiger charge is -2.14. The molecule has 1 aromatic carbocycles. The molecule has 0 spiro atoms. The minimum absolute atomic E-state index is 0.0860. The van der Waals surface area contributed by atoms with E-state index in [9.17, 15) is 12.8 Å². The van der Waals surface area contributed by atoms with Gasteiger partial charge in [0, 0.05) is 6.54 Å². The molecule has 0 heterocycles. The van der Waals surface area contributed by atoms with E-state index >= 15 is 0 Å². The molecule has 6 heteroatoms. The number of rotatable bonds is 6. The van der Waals surface area contributed by atoms with E-state index in [2.05, 4.69) is 4.72 Å². The van der Waals surface area contributed by atoms with Crippen LogP contribution in [0.2, 0.25) is 0 Å². The highest BCUT2D eigenvalue weighted by Crippen LogP contribution is 2.27. The lowest BCUT2D eigenvalue weighted by Crippen LogP contribution is -2.26. The number of anilines is 1. The van der Waals surface area contributed by atoms with Gasteiger partial charge in [0.2, 0.25) is 10.0 Å². The van der Waals surface area contributed by atoms with Crippen LogP contribution in [0.4, 0.5) is 10.1 Å². The Balaban J connectivity index is 3.05. The van der Waals surface area contributed by atoms with Crippen molar-refractivity contribution in [2.75, 3.05) is 12.3 Å². The second kappa shape index (κ2) is 6.34. The molecule has 0 saturated carbocycles. The maximum absolute atomic E-state index is 13.4. The molecule has 1 rings (SSSR count). The quantitative estimate of drug-likeness (QED) is 0.624. The average Bonchev–Trinajstić information content (AvgIpc) is 2.31. The lowest BCUT2D eigenvalue weighted by atomic mass is 10.1. The van der Waals surface area contributed by atoms with Crippen molar-refractivity contribution in [2.45, 2.75) is 44.9 Å². The number of halogens is 1. The zero-order chi connectivity index (χ0) is 14.6. The first-order valence-corrected chi connectivity index (χ1v) is 7.84. The molecule has 1 aromatic rings. The fourth-order valence-electron chi connectivity index (χ4n) is 2.00. The molecule has 0 aliphatic rings. The number of hydrogen-bond acceptors (Lipinski definition) is 3. The van der Waals surface area contributed by atoms with Gasteiger partial charge >= 0.3 is 0 Å². The van der Waals surface area contributed by atoms with E-state index < -0.39 is 15.8 Å². The first-order valence-electron chi connectivity index (χ1n) is 6.36. The van der Waals surface area contributed by atoms with Gasteiger partial charge in [-0.3, -0.25) is 0 Å². The molecule has 0 atom stereocenters. The second-order valence-electron chi connectivity index (χ2n) is 4.65. The topological polar surface area (TPSA) is 72.2 Å². The van der Waals surface area contributed by atoms with E-state index in [1.54, 1.807) is 6.92 Å². The number of benzene rings is 1. The molecule has 3 N–H and O–H groups in total. The van der Waals surface area contributed by atoms with Crippen molar-refractivity contribution in [2.24, 2.45) is 0 Å². The first-order chi connectivity index (χ1) is 8.81. The van der Waals surface area contributed by atoms with E-state index in [0.717, 1.165) is 25.3 Å². The van der Waals surface area contributed by atoms with Crippen molar-refractivity contribution in [3.05, 3.63) is 23.0 Å². The van der Waals surface area contributed by atoms with Crippen LogP contribution in [0.5, 0.6) is 0 Å². The van der Waals surface area contributed by atoms with Gasteiger partial charge in [-0.25, -0.2) is 17.5 Å². The number of hydrogen-bond donors (Lipinski definition) is 2. The van der Waals surface area contributed by atoms with Gasteiger partial charge in [-0.1, -0.05) is 19.8 Å². The fraction of sp³-hybridized carbons (Fsp3) is 0.538. The SMILES string of the molecule is CCCCCNS(=O)(=O)c1c(C)cc(F)c(N)c1C. The highest BCUT2D eigenvalue weighted by atomic mass is 32.2. The van der Waals surface area contributed by atoms with Crippen LogP contribution in [0, 0.1) is 19.7 Å². The standard InChI is InChI=1S/C13H21FN2O2S/c1-4-5-6-7-16-19(17,18)13-9(2)8-11(14)12(15)10(13)3/h8,16H,4-7,15H2,1-3H3. The lowest BCUT2D eigenvalue weighted by molar-refractivity contribution is 0.573. The normalized spacial score (nSPS) is 11.8. The molecule has 4 nitrogen and oxygen atoms in total. The number of aryl methyl sites for hydroxylation is 1. The molecule has 0 amide bonds. The van der Waals surface area contributed by atoms with Crippen LogP contribution in [-0.2, 0) is 10.0 Å². The van der Waals surface area contributed by atoms with Crippen LogP contribution in [0.3, 0.4) is 0 Å². The molecule has 19 heavy (non-hydrogen) atoms. The van der Waals surface area contributed by atoms with Crippen molar-refractivity contribution in [3.63, 3.8) is 0 Å². The molecule has 108 valence electrons. The molecule has 0 bridgehead atoms. The van der Waals surface area contributed by atoms with Crippen LogP contribution in [-0.4, -0.2) is 15.0 Å². The summed E-state index contributed by atoms with van der Waals surface area (Å²) in [6.07, 6.45) is 2.76. The minimum atomic E-state index is -3.64. The van der Waals surface area contributed by atoms with Gasteiger partial charge in [0.15, 0.2) is 0 Å². The average molecular weight is 288 g/mol. The minimum Gasteiger partial charge on any atom is -0.396 e. The predicted molar refractivity (Wildman–Crippen MR) is 75.0 cm³/mol. The zero-order valence-corrected chi connectivity index (χ0v) is 12.4. The molecular weight excluding hydrogens is 267 g/mol. The molecule has 0 aromatic heterocycles. The highest BCUT2D eigenvalue weighted by Gasteiger charge is 2.22. The van der Waals surface area contributed by atoms with Gasteiger partial charge < -0.3 is 5.73 Å². The molecule has 0 unspecified atom stereocenters. The summed E-state index contributed by atoms with van der Waals surface area (Å²) in [6, 6.07) is 1.16. The predicted octanol–water partition coefficient (Wildman–Crippen LogP) is 2.49. The third-order valence-corrected chi connectivity index (χ3v) is 4.79. The summed E-state index contributed by atoms with van der Waals surface area (Å²) < 4.78 is 40.4. The van der Waals surface area contributed by atoms with Gasteiger partial charge in [-0.05, 0) is 37.5 Å². The summed E-state index contributed by atoms with van der Waals surface area (Å²) in [7, 11) is -3.64. The van der Waals surface area contributed by atoms with E-state index in [0.29, 0.717) is 12.1 Å². The van der Waals surface area contributed by atoms with E-state index in [-0.39, 0.29) is 16.1 Å². The summed E-state index contributed by atoms with van der Waals surface area (Å²) in [4.78, 5) is 0.0860. The molecule has 0 aliphatic carbocycles. The number of nitrogen functional groups attached to an aromatic ring is 1. The van der Waals surface area contributed by atoms with Crippen LogP contribution in [0.15, 0.2) is 11.0 Å². The van der Waals surface area contributed by atoms with Gasteiger partial charge in [0.1, 0.15) is 5.82 Å². The van der Waals surface area contributed by atoms with Crippen LogP contribution < -0.4 is 10.5 Å². The third kappa shape index (κ3) is 3.67. The molecule has 0 saturated heterocycles. The van der Waals surface area contributed by atoms with Crippen molar-refractivity contribution >= 4 is 15.7 Å². The zero-order valence-electron chi connectivity index (χ0n) is 11.6. The summed E-state index contributed by atoms with van der Waals surface area (Å²) in [5.74, 6) is -0.583. The Morgan fingerprint density at radius 1 is 1.32 bits per heavy atom. The van der Waals surface area contributed by atoms with Crippen molar-refractivity contribution in [1.82, 2.24) is 4.72 Å². The van der Waals surface area contributed by atoms with E-state index in [1.165, 1.54) is 6.92 Å². The Hall–Kier alpha value is -1.14. The fourth-order valence-corrected chi connectivity index (χ4v) is 3.55. The molecule has 0 radical (unpaired) electrons. The molecule has 0 aliphatic heterocycles. The van der Waals surface area contributed by atoms with Gasteiger partial charge in [0.25, 0.3) is 0 Å². The van der Waals surface area contributed by atoms with E-state index in [4.69, 9.17) is 5.73 Å². The Morgan fingerprint density at radius 2 is 1.95 bits per heavy atom.